The van der Waals surface area contributed by atoms with E-state index in [1.165, 1.54) is 33.2 Å². The molecule has 0 unspecified atom stereocenters. The molecular weight excluding hydrogens is 314 g/mol. The van der Waals surface area contributed by atoms with Crippen molar-refractivity contribution in [1.29, 1.82) is 0 Å². The minimum Gasteiger partial charge on any atom is -0.350 e. The van der Waals surface area contributed by atoms with Crippen LogP contribution in [0.2, 0.25) is 0 Å². The quantitative estimate of drug-likeness (QED) is 0.753. The van der Waals surface area contributed by atoms with Crippen molar-refractivity contribution in [1.82, 2.24) is 15.1 Å². The van der Waals surface area contributed by atoms with Gasteiger partial charge in [0.1, 0.15) is 5.69 Å². The normalized spacial score (nSPS) is 10.8. The third kappa shape index (κ3) is 3.94. The molecule has 0 fully saturated rings. The van der Waals surface area contributed by atoms with Gasteiger partial charge in [-0.2, -0.15) is 5.10 Å². The van der Waals surface area contributed by atoms with Crippen LogP contribution < -0.4 is 10.9 Å². The minimum absolute atomic E-state index is 0.186. The van der Waals surface area contributed by atoms with Gasteiger partial charge in [-0.25, -0.2) is 4.68 Å². The highest BCUT2D eigenvalue weighted by Crippen LogP contribution is 2.18. The number of carbonyl (C=O) groups excluding carboxylic acids is 1. The summed E-state index contributed by atoms with van der Waals surface area (Å²) >= 11 is 0. The van der Waals surface area contributed by atoms with Crippen LogP contribution in [0, 0.1) is 0 Å². The highest BCUT2D eigenvalue weighted by atomic mass is 16.2. The molecule has 0 aliphatic carbocycles. The third-order valence-corrected chi connectivity index (χ3v) is 4.09. The molecule has 2 aromatic carbocycles. The monoisotopic (exact) mass is 335 g/mol. The van der Waals surface area contributed by atoms with Crippen LogP contribution in [-0.2, 0) is 13.0 Å². The molecule has 3 rings (SSSR count). The topological polar surface area (TPSA) is 64.0 Å². The smallest absolute Gasteiger partial charge is 0.271 e. The van der Waals surface area contributed by atoms with E-state index in [9.17, 15) is 9.59 Å². The minimum atomic E-state index is -0.259. The first kappa shape index (κ1) is 16.9. The first-order chi connectivity index (χ1) is 12.2. The molecule has 5 nitrogen and oxygen atoms in total. The van der Waals surface area contributed by atoms with Crippen molar-refractivity contribution in [3.63, 3.8) is 0 Å². The maximum Gasteiger partial charge on any atom is 0.271 e. The molecule has 1 N–H and O–H groups in total. The largest absolute Gasteiger partial charge is 0.350 e. The highest BCUT2D eigenvalue weighted by molar-refractivity contribution is 5.92. The number of benzene rings is 2. The van der Waals surface area contributed by atoms with Gasteiger partial charge < -0.3 is 5.32 Å². The van der Waals surface area contributed by atoms with Crippen molar-refractivity contribution in [3.05, 3.63) is 76.2 Å². The zero-order valence-corrected chi connectivity index (χ0v) is 14.2. The van der Waals surface area contributed by atoms with Crippen molar-refractivity contribution >= 4 is 16.7 Å². The van der Waals surface area contributed by atoms with Gasteiger partial charge >= 0.3 is 0 Å². The Balaban J connectivity index is 1.66. The molecule has 0 saturated carbocycles. The van der Waals surface area contributed by atoms with Gasteiger partial charge in [0.05, 0.1) is 0 Å². The van der Waals surface area contributed by atoms with Crippen LogP contribution in [0.25, 0.3) is 10.8 Å². The maximum absolute atomic E-state index is 12.3. The molecule has 1 heterocycles. The van der Waals surface area contributed by atoms with E-state index >= 15 is 0 Å². The van der Waals surface area contributed by atoms with Crippen molar-refractivity contribution in [2.45, 2.75) is 26.3 Å². The molecule has 0 spiro atoms. The maximum atomic E-state index is 12.3. The second kappa shape index (κ2) is 7.75. The van der Waals surface area contributed by atoms with Gasteiger partial charge in [-0.1, -0.05) is 49.4 Å². The van der Waals surface area contributed by atoms with Crippen molar-refractivity contribution in [2.24, 2.45) is 0 Å². The van der Waals surface area contributed by atoms with E-state index in [1.807, 2.05) is 25.1 Å². The average Bonchev–Trinajstić information content (AvgIpc) is 2.64. The average molecular weight is 335 g/mol. The van der Waals surface area contributed by atoms with Crippen molar-refractivity contribution < 1.29 is 4.79 Å². The molecule has 0 radical (unpaired) electrons. The van der Waals surface area contributed by atoms with Crippen LogP contribution in [-0.4, -0.2) is 22.2 Å². The van der Waals surface area contributed by atoms with Crippen molar-refractivity contribution in [2.75, 3.05) is 6.54 Å². The van der Waals surface area contributed by atoms with Gasteiger partial charge in [-0.15, -0.1) is 0 Å². The number of rotatable bonds is 6. The van der Waals surface area contributed by atoms with Crippen LogP contribution in [0.1, 0.15) is 29.4 Å². The number of aromatic nitrogens is 2. The molecule has 0 bridgehead atoms. The second-order valence-electron chi connectivity index (χ2n) is 5.92. The van der Waals surface area contributed by atoms with Crippen LogP contribution in [0.4, 0.5) is 0 Å². The number of fused-ring (bicyclic) bond motifs is 1. The lowest BCUT2D eigenvalue weighted by Crippen LogP contribution is -2.30. The number of amides is 1. The number of nitrogens with zero attached hydrogens (tertiary/aromatic N) is 2. The summed E-state index contributed by atoms with van der Waals surface area (Å²) in [6.45, 7) is 2.99. The molecule has 0 aliphatic rings. The van der Waals surface area contributed by atoms with Crippen LogP contribution in [0.15, 0.2) is 59.4 Å². The summed E-state index contributed by atoms with van der Waals surface area (Å²) < 4.78 is 1.33. The predicted molar refractivity (Wildman–Crippen MR) is 98.8 cm³/mol. The van der Waals surface area contributed by atoms with Gasteiger partial charge in [0.15, 0.2) is 0 Å². The van der Waals surface area contributed by atoms with Gasteiger partial charge in [0, 0.05) is 19.2 Å². The summed E-state index contributed by atoms with van der Waals surface area (Å²) in [7, 11) is 0. The first-order valence-corrected chi connectivity index (χ1v) is 8.52. The lowest BCUT2D eigenvalue weighted by molar-refractivity contribution is 0.0946. The zero-order valence-electron chi connectivity index (χ0n) is 14.2. The van der Waals surface area contributed by atoms with Gasteiger partial charge in [-0.3, -0.25) is 9.59 Å². The number of aryl methyl sites for hydroxylation is 1. The molecule has 0 saturated heterocycles. The fraction of sp³-hybridized carbons (Fsp3) is 0.250. The summed E-state index contributed by atoms with van der Waals surface area (Å²) in [6.07, 6.45) is 1.53. The summed E-state index contributed by atoms with van der Waals surface area (Å²) in [6, 6.07) is 17.3. The molecule has 128 valence electrons. The molecule has 0 atom stereocenters. The third-order valence-electron chi connectivity index (χ3n) is 4.09. The molecule has 1 aromatic heterocycles. The highest BCUT2D eigenvalue weighted by Gasteiger charge is 2.09. The number of carbonyl (C=O) groups is 1. The standard InChI is InChI=1S/C20H21N3O2/c1-2-14-23-19(24)11-10-18(22-23)20(25)21-13-12-16-8-5-7-15-6-3-4-9-17(15)16/h3-11H,2,12-14H2,1H3,(H,21,25). The van der Waals surface area contributed by atoms with E-state index in [4.69, 9.17) is 0 Å². The molecule has 1 amide bonds. The Morgan fingerprint density at radius 1 is 1.08 bits per heavy atom. The lowest BCUT2D eigenvalue weighted by atomic mass is 10.0. The van der Waals surface area contributed by atoms with E-state index in [0.29, 0.717) is 13.1 Å². The van der Waals surface area contributed by atoms with E-state index in [0.717, 1.165) is 12.8 Å². The molecular formula is C20H21N3O2. The summed E-state index contributed by atoms with van der Waals surface area (Å²) in [5, 5.41) is 9.41. The Labute approximate surface area is 146 Å². The summed E-state index contributed by atoms with van der Waals surface area (Å²) in [4.78, 5) is 24.0. The van der Waals surface area contributed by atoms with Crippen LogP contribution >= 0.6 is 0 Å². The van der Waals surface area contributed by atoms with E-state index in [-0.39, 0.29) is 17.2 Å². The first-order valence-electron chi connectivity index (χ1n) is 8.52. The lowest BCUT2D eigenvalue weighted by Gasteiger charge is -2.09. The fourth-order valence-electron chi connectivity index (χ4n) is 2.85. The Bertz CT molecular complexity index is 942. The SMILES string of the molecule is CCCn1nc(C(=O)NCCc2cccc3ccccc23)ccc1=O. The number of hydrogen-bond acceptors (Lipinski definition) is 3. The second-order valence-corrected chi connectivity index (χ2v) is 5.92. The predicted octanol–water partition coefficient (Wildman–Crippen LogP) is 2.78. The molecule has 3 aromatic rings. The van der Waals surface area contributed by atoms with Gasteiger partial charge in [0.25, 0.3) is 11.5 Å². The Morgan fingerprint density at radius 2 is 1.88 bits per heavy atom. The zero-order chi connectivity index (χ0) is 17.6. The van der Waals surface area contributed by atoms with E-state index in [1.54, 1.807) is 0 Å². The Kier molecular flexibility index (Phi) is 5.23. The number of nitrogens with one attached hydrogen (secondary N) is 1. The molecule has 0 aliphatic heterocycles. The van der Waals surface area contributed by atoms with Crippen molar-refractivity contribution in [3.8, 4) is 0 Å². The van der Waals surface area contributed by atoms with Gasteiger partial charge in [-0.05, 0) is 35.2 Å². The summed E-state index contributed by atoms with van der Waals surface area (Å²) in [5.41, 5.74) is 1.28. The Hall–Kier alpha value is -2.95. The van der Waals surface area contributed by atoms with Crippen LogP contribution in [0.3, 0.4) is 0 Å². The van der Waals surface area contributed by atoms with Gasteiger partial charge in [0.2, 0.25) is 0 Å². The molecule has 25 heavy (non-hydrogen) atoms. The Morgan fingerprint density at radius 3 is 2.72 bits per heavy atom. The molecule has 5 heteroatoms. The fourth-order valence-corrected chi connectivity index (χ4v) is 2.85. The number of hydrogen-bond donors (Lipinski definition) is 1. The van der Waals surface area contributed by atoms with E-state index < -0.39 is 0 Å². The van der Waals surface area contributed by atoms with Crippen LogP contribution in [0.5, 0.6) is 0 Å². The van der Waals surface area contributed by atoms with E-state index in [2.05, 4.69) is 34.7 Å². The summed E-state index contributed by atoms with van der Waals surface area (Å²) in [5.74, 6) is -0.259.